The van der Waals surface area contributed by atoms with Crippen molar-refractivity contribution in [2.75, 3.05) is 0 Å². The third-order valence-corrected chi connectivity index (χ3v) is 2.89. The summed E-state index contributed by atoms with van der Waals surface area (Å²) in [7, 11) is -1.15. The second kappa shape index (κ2) is 10.1. The van der Waals surface area contributed by atoms with Crippen LogP contribution in [0.5, 0.6) is 0 Å². The minimum atomic E-state index is -1.15. The highest BCUT2D eigenvalue weighted by molar-refractivity contribution is 6.40. The Morgan fingerprint density at radius 1 is 0.938 bits per heavy atom. The third-order valence-electron chi connectivity index (χ3n) is 2.89. The third kappa shape index (κ3) is 12.0. The van der Waals surface area contributed by atoms with Gasteiger partial charge in [0.2, 0.25) is 0 Å². The summed E-state index contributed by atoms with van der Waals surface area (Å²) in [5.74, 6) is 0.794. The summed E-state index contributed by atoms with van der Waals surface area (Å²) in [5.41, 5.74) is 5.98. The molecule has 0 bridgehead atoms. The summed E-state index contributed by atoms with van der Waals surface area (Å²) in [6.45, 7) is 4.50. The zero-order chi connectivity index (χ0) is 12.4. The van der Waals surface area contributed by atoms with E-state index in [9.17, 15) is 0 Å². The number of unbranched alkanes of at least 4 members (excludes halogenated alkanes) is 2. The molecule has 3 nitrogen and oxygen atoms in total. The number of hydrogen-bond acceptors (Lipinski definition) is 3. The Labute approximate surface area is 101 Å². The first kappa shape index (κ1) is 15.9. The van der Waals surface area contributed by atoms with Gasteiger partial charge in [0.05, 0.1) is 0 Å². The van der Waals surface area contributed by atoms with E-state index in [2.05, 4.69) is 13.8 Å². The molecule has 96 valence electrons. The van der Waals surface area contributed by atoms with Gasteiger partial charge in [0.15, 0.2) is 0 Å². The lowest BCUT2D eigenvalue weighted by Crippen LogP contribution is -2.20. The van der Waals surface area contributed by atoms with Crippen LogP contribution >= 0.6 is 0 Å². The van der Waals surface area contributed by atoms with E-state index >= 15 is 0 Å². The number of nitrogens with two attached hydrogens (primary N) is 1. The molecule has 0 fully saturated rings. The van der Waals surface area contributed by atoms with E-state index in [0.717, 1.165) is 31.6 Å². The molecule has 4 N–H and O–H groups in total. The molecule has 0 amide bonds. The van der Waals surface area contributed by atoms with Crippen molar-refractivity contribution in [2.24, 2.45) is 11.7 Å². The Kier molecular flexibility index (Phi) is 10.1. The monoisotopic (exact) mass is 229 g/mol. The van der Waals surface area contributed by atoms with Crippen LogP contribution in [-0.4, -0.2) is 23.2 Å². The molecular weight excluding hydrogens is 201 g/mol. The zero-order valence-electron chi connectivity index (χ0n) is 10.9. The lowest BCUT2D eigenvalue weighted by Gasteiger charge is -2.11. The van der Waals surface area contributed by atoms with Crippen molar-refractivity contribution >= 4 is 7.12 Å². The van der Waals surface area contributed by atoms with Gasteiger partial charge in [-0.15, -0.1) is 0 Å². The average Bonchev–Trinajstić information content (AvgIpc) is 2.19. The van der Waals surface area contributed by atoms with Crippen LogP contribution in [0.1, 0.15) is 58.8 Å². The molecule has 0 aliphatic heterocycles. The van der Waals surface area contributed by atoms with Gasteiger partial charge >= 0.3 is 7.12 Å². The fraction of sp³-hybridized carbons (Fsp3) is 1.00. The summed E-state index contributed by atoms with van der Waals surface area (Å²) < 4.78 is 0. The minimum absolute atomic E-state index is 0.294. The topological polar surface area (TPSA) is 66.5 Å². The Hall–Kier alpha value is -0.0551. The predicted molar refractivity (Wildman–Crippen MR) is 70.1 cm³/mol. The number of rotatable bonds is 10. The molecule has 0 radical (unpaired) electrons. The van der Waals surface area contributed by atoms with Gasteiger partial charge in [-0.2, -0.15) is 0 Å². The van der Waals surface area contributed by atoms with E-state index in [0.29, 0.717) is 12.4 Å². The second-order valence-electron chi connectivity index (χ2n) is 5.20. The highest BCUT2D eigenvalue weighted by atomic mass is 16.4. The Morgan fingerprint density at radius 3 is 1.94 bits per heavy atom. The Bertz CT molecular complexity index is 138. The van der Waals surface area contributed by atoms with E-state index in [1.807, 2.05) is 0 Å². The minimum Gasteiger partial charge on any atom is -0.427 e. The fourth-order valence-electron chi connectivity index (χ4n) is 1.84. The molecular formula is C12H28BNO2. The molecule has 0 aromatic rings. The van der Waals surface area contributed by atoms with Crippen LogP contribution in [0.2, 0.25) is 6.32 Å². The molecule has 0 aromatic carbocycles. The molecule has 4 heteroatoms. The number of hydrogen-bond donors (Lipinski definition) is 3. The maximum Gasteiger partial charge on any atom is 0.451 e. The summed E-state index contributed by atoms with van der Waals surface area (Å²) in [5, 5.41) is 17.3. The van der Waals surface area contributed by atoms with Crippen molar-refractivity contribution in [1.29, 1.82) is 0 Å². The maximum absolute atomic E-state index is 8.67. The molecule has 0 aliphatic carbocycles. The van der Waals surface area contributed by atoms with Crippen LogP contribution in [0.15, 0.2) is 0 Å². The van der Waals surface area contributed by atoms with E-state index in [1.165, 1.54) is 19.3 Å². The highest BCUT2D eigenvalue weighted by Gasteiger charge is 2.07. The average molecular weight is 229 g/mol. The van der Waals surface area contributed by atoms with Gasteiger partial charge in [-0.25, -0.2) is 0 Å². The molecule has 16 heavy (non-hydrogen) atoms. The van der Waals surface area contributed by atoms with Crippen molar-refractivity contribution < 1.29 is 10.0 Å². The van der Waals surface area contributed by atoms with Crippen LogP contribution < -0.4 is 5.73 Å². The van der Waals surface area contributed by atoms with E-state index < -0.39 is 7.12 Å². The van der Waals surface area contributed by atoms with E-state index in [4.69, 9.17) is 15.8 Å². The summed E-state index contributed by atoms with van der Waals surface area (Å²) in [4.78, 5) is 0. The van der Waals surface area contributed by atoms with Crippen LogP contribution in [0.3, 0.4) is 0 Å². The van der Waals surface area contributed by atoms with Gasteiger partial charge in [-0.1, -0.05) is 46.0 Å². The summed E-state index contributed by atoms with van der Waals surface area (Å²) in [6, 6.07) is 0.294. The molecule has 0 aliphatic rings. The van der Waals surface area contributed by atoms with E-state index in [1.54, 1.807) is 0 Å². The van der Waals surface area contributed by atoms with Crippen molar-refractivity contribution in [3.8, 4) is 0 Å². The van der Waals surface area contributed by atoms with Crippen molar-refractivity contribution in [3.05, 3.63) is 0 Å². The normalized spacial score (nSPS) is 13.1. The first-order chi connectivity index (χ1) is 7.52. The quantitative estimate of drug-likeness (QED) is 0.397. The first-order valence-electron chi connectivity index (χ1n) is 6.64. The standard InChI is InChI=1S/C12H28BNO2/c1-11(2)7-3-4-8-12(14)9-5-6-10-13(15)16/h11-12,15-16H,3-10,14H2,1-2H3/t12-/m0/s1. The van der Waals surface area contributed by atoms with Gasteiger partial charge in [-0.3, -0.25) is 0 Å². The van der Waals surface area contributed by atoms with Crippen LogP contribution in [-0.2, 0) is 0 Å². The molecule has 0 unspecified atom stereocenters. The van der Waals surface area contributed by atoms with Crippen LogP contribution in [0.25, 0.3) is 0 Å². The fourth-order valence-corrected chi connectivity index (χ4v) is 1.84. The highest BCUT2D eigenvalue weighted by Crippen LogP contribution is 2.12. The molecule has 1 atom stereocenters. The van der Waals surface area contributed by atoms with Gasteiger partial charge in [-0.05, 0) is 25.1 Å². The van der Waals surface area contributed by atoms with Gasteiger partial charge in [0.25, 0.3) is 0 Å². The molecule has 0 saturated carbocycles. The molecule has 0 saturated heterocycles. The van der Waals surface area contributed by atoms with Crippen molar-refractivity contribution in [3.63, 3.8) is 0 Å². The van der Waals surface area contributed by atoms with Crippen molar-refractivity contribution in [1.82, 2.24) is 0 Å². The Morgan fingerprint density at radius 2 is 1.44 bits per heavy atom. The molecule has 0 spiro atoms. The molecule has 0 rings (SSSR count). The SMILES string of the molecule is CC(C)CCCC[C@H](N)CCCCB(O)O. The van der Waals surface area contributed by atoms with Gasteiger partial charge < -0.3 is 15.8 Å². The maximum atomic E-state index is 8.67. The zero-order valence-corrected chi connectivity index (χ0v) is 10.9. The summed E-state index contributed by atoms with van der Waals surface area (Å²) in [6.07, 6.45) is 8.25. The van der Waals surface area contributed by atoms with Gasteiger partial charge in [0.1, 0.15) is 0 Å². The first-order valence-corrected chi connectivity index (χ1v) is 6.64. The molecule has 0 aromatic heterocycles. The smallest absolute Gasteiger partial charge is 0.427 e. The van der Waals surface area contributed by atoms with Gasteiger partial charge in [0, 0.05) is 6.04 Å². The lowest BCUT2D eigenvalue weighted by atomic mass is 9.83. The predicted octanol–water partition coefficient (Wildman–Crippen LogP) is 2.17. The van der Waals surface area contributed by atoms with Crippen LogP contribution in [0.4, 0.5) is 0 Å². The second-order valence-corrected chi connectivity index (χ2v) is 5.20. The van der Waals surface area contributed by atoms with Crippen LogP contribution in [0, 0.1) is 5.92 Å². The van der Waals surface area contributed by atoms with Crippen molar-refractivity contribution in [2.45, 2.75) is 71.2 Å². The summed E-state index contributed by atoms with van der Waals surface area (Å²) >= 11 is 0. The Balaban J connectivity index is 3.21. The molecule has 0 heterocycles. The largest absolute Gasteiger partial charge is 0.451 e. The van der Waals surface area contributed by atoms with E-state index in [-0.39, 0.29) is 0 Å². The lowest BCUT2D eigenvalue weighted by molar-refractivity contribution is 0.399.